The molecule has 194 valence electrons. The number of benzene rings is 2. The first-order chi connectivity index (χ1) is 17.2. The van der Waals surface area contributed by atoms with Crippen LogP contribution in [0, 0.1) is 5.92 Å². The number of halogens is 3. The molecule has 36 heavy (non-hydrogen) atoms. The minimum atomic E-state index is -4.38. The lowest BCUT2D eigenvalue weighted by molar-refractivity contribution is -0.283. The molecule has 2 aliphatic heterocycles. The second-order valence-corrected chi connectivity index (χ2v) is 9.20. The van der Waals surface area contributed by atoms with Crippen LogP contribution < -0.4 is 20.9 Å². The number of hydrogen-bond acceptors (Lipinski definition) is 5. The molecule has 2 aromatic rings. The first kappa shape index (κ1) is 25.8. The Kier molecular flexibility index (Phi) is 7.73. The van der Waals surface area contributed by atoms with E-state index in [1.807, 2.05) is 53.4 Å². The number of nitrogens with one attached hydrogen (secondary N) is 3. The molecule has 0 spiro atoms. The van der Waals surface area contributed by atoms with Gasteiger partial charge in [0.25, 0.3) is 0 Å². The Morgan fingerprint density at radius 1 is 1.08 bits per heavy atom. The van der Waals surface area contributed by atoms with Gasteiger partial charge in [-0.1, -0.05) is 12.1 Å². The highest BCUT2D eigenvalue weighted by Crippen LogP contribution is 2.42. The zero-order valence-electron chi connectivity index (χ0n) is 20.2. The van der Waals surface area contributed by atoms with Crippen LogP contribution in [-0.2, 0) is 20.9 Å². The van der Waals surface area contributed by atoms with E-state index in [0.717, 1.165) is 22.6 Å². The lowest BCUT2D eigenvalue weighted by Gasteiger charge is -2.43. The topological polar surface area (TPSA) is 82.7 Å². The Balaban J connectivity index is 1.27. The number of nitrogens with zero attached hydrogens (tertiary/aromatic N) is 1. The molecule has 1 atom stereocenters. The number of carbonyl (C=O) groups excluding carboxylic acids is 2. The van der Waals surface area contributed by atoms with Gasteiger partial charge in [-0.15, -0.1) is 0 Å². The summed E-state index contributed by atoms with van der Waals surface area (Å²) in [4.78, 5) is 25.4. The third-order valence-corrected chi connectivity index (χ3v) is 6.80. The Labute approximate surface area is 208 Å². The van der Waals surface area contributed by atoms with E-state index in [2.05, 4.69) is 16.0 Å². The zero-order valence-corrected chi connectivity index (χ0v) is 20.2. The molecule has 3 N–H and O–H groups in total. The van der Waals surface area contributed by atoms with Gasteiger partial charge in [-0.25, -0.2) is 0 Å². The molecule has 7 nitrogen and oxygen atoms in total. The molecule has 10 heteroatoms. The monoisotopic (exact) mass is 504 g/mol. The Bertz CT molecular complexity index is 1050. The number of anilines is 3. The summed E-state index contributed by atoms with van der Waals surface area (Å²) in [5.41, 5.74) is 1.48. The summed E-state index contributed by atoms with van der Waals surface area (Å²) in [6.45, 7) is 2.95. The molecule has 2 saturated heterocycles. The molecule has 1 unspecified atom stereocenters. The Hall–Kier alpha value is -3.27. The predicted octanol–water partition coefficient (Wildman–Crippen LogP) is 4.12. The lowest BCUT2D eigenvalue weighted by atomic mass is 9.90. The van der Waals surface area contributed by atoms with Crippen molar-refractivity contribution in [2.45, 2.75) is 44.5 Å². The molecular formula is C26H31F3N4O3. The van der Waals surface area contributed by atoms with Gasteiger partial charge in [0.05, 0.1) is 5.92 Å². The van der Waals surface area contributed by atoms with Gasteiger partial charge in [0.1, 0.15) is 0 Å². The quantitative estimate of drug-likeness (QED) is 0.504. The number of piperidine rings is 1. The first-order valence-electron chi connectivity index (χ1n) is 12.2. The summed E-state index contributed by atoms with van der Waals surface area (Å²) in [7, 11) is 0. The first-order valence-corrected chi connectivity index (χ1v) is 12.2. The molecule has 0 saturated carbocycles. The van der Waals surface area contributed by atoms with E-state index < -0.39 is 11.8 Å². The molecule has 2 heterocycles. The minimum Gasteiger partial charge on any atom is -0.371 e. The maximum Gasteiger partial charge on any atom is 0.417 e. The van der Waals surface area contributed by atoms with Gasteiger partial charge >= 0.3 is 6.18 Å². The predicted molar refractivity (Wildman–Crippen MR) is 131 cm³/mol. The van der Waals surface area contributed by atoms with Crippen LogP contribution in [0.3, 0.4) is 0 Å². The van der Waals surface area contributed by atoms with E-state index in [9.17, 15) is 22.8 Å². The van der Waals surface area contributed by atoms with Crippen LogP contribution >= 0.6 is 0 Å². The van der Waals surface area contributed by atoms with Crippen molar-refractivity contribution in [2.75, 3.05) is 36.5 Å². The molecule has 0 bridgehead atoms. The molecule has 4 rings (SSSR count). The van der Waals surface area contributed by atoms with Crippen molar-refractivity contribution in [3.63, 3.8) is 0 Å². The number of carbonyl (C=O) groups is 2. The van der Waals surface area contributed by atoms with Crippen LogP contribution in [-0.4, -0.2) is 49.8 Å². The molecule has 2 aromatic carbocycles. The second-order valence-electron chi connectivity index (χ2n) is 9.20. The normalized spacial score (nSPS) is 19.6. The maximum atomic E-state index is 13.6. The smallest absolute Gasteiger partial charge is 0.371 e. The zero-order chi connectivity index (χ0) is 25.8. The van der Waals surface area contributed by atoms with Crippen molar-refractivity contribution in [1.29, 1.82) is 0 Å². The molecule has 2 amide bonds. The summed E-state index contributed by atoms with van der Waals surface area (Å²) in [6, 6.07) is 15.2. The average Bonchev–Trinajstić information content (AvgIpc) is 3.30. The minimum absolute atomic E-state index is 0.0375. The largest absolute Gasteiger partial charge is 0.417 e. The number of ether oxygens (including phenoxy) is 1. The highest BCUT2D eigenvalue weighted by molar-refractivity contribution is 5.89. The van der Waals surface area contributed by atoms with E-state index in [1.54, 1.807) is 6.92 Å². The fourth-order valence-electron chi connectivity index (χ4n) is 4.66. The van der Waals surface area contributed by atoms with E-state index in [-0.39, 0.29) is 56.7 Å². The number of alkyl halides is 3. The van der Waals surface area contributed by atoms with Gasteiger partial charge in [-0.2, -0.15) is 13.2 Å². The number of hydrogen-bond donors (Lipinski definition) is 3. The van der Waals surface area contributed by atoms with Crippen molar-refractivity contribution in [3.05, 3.63) is 54.1 Å². The van der Waals surface area contributed by atoms with Gasteiger partial charge in [0.2, 0.25) is 11.8 Å². The van der Waals surface area contributed by atoms with Crippen LogP contribution in [0.4, 0.5) is 30.2 Å². The van der Waals surface area contributed by atoms with Crippen molar-refractivity contribution >= 4 is 28.9 Å². The summed E-state index contributed by atoms with van der Waals surface area (Å²) >= 11 is 0. The maximum absolute atomic E-state index is 13.6. The van der Waals surface area contributed by atoms with E-state index in [0.29, 0.717) is 13.1 Å². The van der Waals surface area contributed by atoms with Gasteiger partial charge < -0.3 is 25.6 Å². The molecule has 0 radical (unpaired) electrons. The summed E-state index contributed by atoms with van der Waals surface area (Å²) in [5, 5.41) is 8.82. The van der Waals surface area contributed by atoms with Crippen molar-refractivity contribution in [3.8, 4) is 0 Å². The standard InChI is InChI=1S/C26H31F3N4O3/c1-2-36-25(26(27,28)29)11-13-33(14-12-25)22-9-7-21(8-10-22)32-20-5-3-18(4-6-20)16-31-24(35)19-15-23(34)30-17-19/h3-10,19,32H,2,11-17H2,1H3,(H,30,34)(H,31,35). The summed E-state index contributed by atoms with van der Waals surface area (Å²) in [6.07, 6.45) is -4.33. The Morgan fingerprint density at radius 2 is 1.69 bits per heavy atom. The van der Waals surface area contributed by atoms with Crippen LogP contribution in [0.2, 0.25) is 0 Å². The molecule has 0 aromatic heterocycles. The second kappa shape index (κ2) is 10.8. The highest BCUT2D eigenvalue weighted by atomic mass is 19.4. The van der Waals surface area contributed by atoms with E-state index in [4.69, 9.17) is 4.74 Å². The lowest BCUT2D eigenvalue weighted by Crippen LogP contribution is -2.55. The number of rotatable bonds is 8. The number of amides is 2. The molecule has 0 aliphatic carbocycles. The van der Waals surface area contributed by atoms with E-state index in [1.165, 1.54) is 0 Å². The van der Waals surface area contributed by atoms with Gasteiger partial charge in [-0.3, -0.25) is 9.59 Å². The van der Waals surface area contributed by atoms with Crippen molar-refractivity contribution in [2.24, 2.45) is 5.92 Å². The SMILES string of the molecule is CCOC1(C(F)(F)F)CCN(c2ccc(Nc3ccc(CNC(=O)C4CNC(=O)C4)cc3)cc2)CC1. The molecule has 2 aliphatic rings. The van der Waals surface area contributed by atoms with Crippen LogP contribution in [0.25, 0.3) is 0 Å². The van der Waals surface area contributed by atoms with Gasteiger partial charge in [0.15, 0.2) is 5.60 Å². The molecular weight excluding hydrogens is 473 g/mol. The third kappa shape index (κ3) is 5.92. The average molecular weight is 505 g/mol. The van der Waals surface area contributed by atoms with Crippen LogP contribution in [0.1, 0.15) is 31.7 Å². The van der Waals surface area contributed by atoms with Crippen LogP contribution in [0.15, 0.2) is 48.5 Å². The third-order valence-electron chi connectivity index (χ3n) is 6.80. The van der Waals surface area contributed by atoms with Crippen molar-refractivity contribution < 1.29 is 27.5 Å². The summed E-state index contributed by atoms with van der Waals surface area (Å²) in [5.74, 6) is -0.547. The Morgan fingerprint density at radius 3 is 2.22 bits per heavy atom. The fraction of sp³-hybridized carbons (Fsp3) is 0.462. The highest BCUT2D eigenvalue weighted by Gasteiger charge is 2.56. The van der Waals surface area contributed by atoms with E-state index >= 15 is 0 Å². The fourth-order valence-corrected chi connectivity index (χ4v) is 4.66. The summed E-state index contributed by atoms with van der Waals surface area (Å²) < 4.78 is 45.9. The van der Waals surface area contributed by atoms with Crippen molar-refractivity contribution in [1.82, 2.24) is 10.6 Å². The molecule has 2 fully saturated rings. The van der Waals surface area contributed by atoms with Crippen LogP contribution in [0.5, 0.6) is 0 Å². The van der Waals surface area contributed by atoms with Gasteiger partial charge in [-0.05, 0) is 48.9 Å². The van der Waals surface area contributed by atoms with Gasteiger partial charge in [0, 0.05) is 69.1 Å².